The summed E-state index contributed by atoms with van der Waals surface area (Å²) >= 11 is 0. The fourth-order valence-corrected chi connectivity index (χ4v) is 9.76. The second-order valence-corrected chi connectivity index (χ2v) is 13.7. The molecule has 0 spiro atoms. The van der Waals surface area contributed by atoms with E-state index < -0.39 is 13.7 Å². The van der Waals surface area contributed by atoms with Crippen LogP contribution in [0.5, 0.6) is 0 Å². The van der Waals surface area contributed by atoms with Gasteiger partial charge in [0.15, 0.2) is 0 Å². The SMILES string of the molecule is CC(C)C[C@H](NC(=O)OC(C)(C)C)[Si](CCCO)(c1ccccc1)c1ccccc1. The molecule has 1 amide bonds. The van der Waals surface area contributed by atoms with Crippen molar-refractivity contribution in [3.8, 4) is 0 Å². The summed E-state index contributed by atoms with van der Waals surface area (Å²) in [5.74, 6) is 0.401. The lowest BCUT2D eigenvalue weighted by molar-refractivity contribution is 0.0515. The van der Waals surface area contributed by atoms with Crippen molar-refractivity contribution in [2.45, 2.75) is 64.8 Å². The molecule has 0 heterocycles. The first-order valence-corrected chi connectivity index (χ1v) is 13.2. The lowest BCUT2D eigenvalue weighted by atomic mass is 10.1. The summed E-state index contributed by atoms with van der Waals surface area (Å²) in [6.07, 6.45) is 1.17. The van der Waals surface area contributed by atoms with Crippen molar-refractivity contribution in [3.63, 3.8) is 0 Å². The first kappa shape index (κ1) is 24.2. The van der Waals surface area contributed by atoms with Gasteiger partial charge in [-0.25, -0.2) is 4.79 Å². The predicted octanol–water partition coefficient (Wildman–Crippen LogP) is 4.11. The first-order chi connectivity index (χ1) is 14.2. The van der Waals surface area contributed by atoms with Crippen molar-refractivity contribution in [1.82, 2.24) is 5.32 Å². The van der Waals surface area contributed by atoms with Crippen LogP contribution in [0, 0.1) is 5.92 Å². The van der Waals surface area contributed by atoms with Crippen molar-refractivity contribution in [2.75, 3.05) is 6.61 Å². The lowest BCUT2D eigenvalue weighted by Crippen LogP contribution is -2.71. The molecule has 0 aliphatic carbocycles. The summed E-state index contributed by atoms with van der Waals surface area (Å²) in [5.41, 5.74) is -0.606. The van der Waals surface area contributed by atoms with E-state index >= 15 is 0 Å². The molecule has 0 aliphatic heterocycles. The van der Waals surface area contributed by atoms with Gasteiger partial charge in [0.1, 0.15) is 13.7 Å². The fourth-order valence-electron chi connectivity index (χ4n) is 4.17. The number of hydrogen-bond donors (Lipinski definition) is 2. The number of benzene rings is 2. The summed E-state index contributed by atoms with van der Waals surface area (Å²) in [6.45, 7) is 10.2. The van der Waals surface area contributed by atoms with Crippen LogP contribution >= 0.6 is 0 Å². The molecule has 0 aliphatic rings. The highest BCUT2D eigenvalue weighted by atomic mass is 28.3. The quantitative estimate of drug-likeness (QED) is 0.592. The number of amides is 1. The van der Waals surface area contributed by atoms with Gasteiger partial charge >= 0.3 is 6.09 Å². The first-order valence-electron chi connectivity index (χ1n) is 10.9. The molecule has 1 atom stereocenters. The minimum absolute atomic E-state index is 0.0521. The summed E-state index contributed by atoms with van der Waals surface area (Å²) in [6, 6.07) is 21.9. The molecule has 2 aromatic rings. The van der Waals surface area contributed by atoms with E-state index in [4.69, 9.17) is 4.74 Å². The smallest absolute Gasteiger partial charge is 0.407 e. The van der Waals surface area contributed by atoms with E-state index in [1.165, 1.54) is 10.4 Å². The second kappa shape index (κ2) is 10.8. The Labute approximate surface area is 182 Å². The Kier molecular flexibility index (Phi) is 8.68. The molecule has 2 rings (SSSR count). The van der Waals surface area contributed by atoms with Gasteiger partial charge in [-0.15, -0.1) is 0 Å². The van der Waals surface area contributed by atoms with E-state index in [1.807, 2.05) is 32.9 Å². The van der Waals surface area contributed by atoms with Gasteiger partial charge in [0, 0.05) is 12.3 Å². The van der Waals surface area contributed by atoms with Gasteiger partial charge in [-0.05, 0) is 45.6 Å². The minimum atomic E-state index is -2.47. The highest BCUT2D eigenvalue weighted by Gasteiger charge is 2.45. The van der Waals surface area contributed by atoms with E-state index in [2.05, 4.69) is 67.7 Å². The summed E-state index contributed by atoms with van der Waals surface area (Å²) < 4.78 is 5.64. The summed E-state index contributed by atoms with van der Waals surface area (Å²) in [5, 5.41) is 15.5. The Balaban J connectivity index is 2.63. The molecule has 0 aromatic heterocycles. The number of aliphatic hydroxyl groups is 1. The molecule has 0 fully saturated rings. The van der Waals surface area contributed by atoms with Gasteiger partial charge in [-0.1, -0.05) is 84.9 Å². The van der Waals surface area contributed by atoms with Gasteiger partial charge < -0.3 is 15.2 Å². The monoisotopic (exact) mass is 427 g/mol. The van der Waals surface area contributed by atoms with Gasteiger partial charge in [0.2, 0.25) is 0 Å². The van der Waals surface area contributed by atoms with Crippen LogP contribution in [0.4, 0.5) is 4.79 Å². The van der Waals surface area contributed by atoms with Crippen molar-refractivity contribution in [3.05, 3.63) is 60.7 Å². The largest absolute Gasteiger partial charge is 0.444 e. The number of rotatable bonds is 9. The highest BCUT2D eigenvalue weighted by Crippen LogP contribution is 2.24. The van der Waals surface area contributed by atoms with Crippen LogP contribution in [-0.2, 0) is 4.74 Å². The van der Waals surface area contributed by atoms with Gasteiger partial charge in [0.05, 0.1) is 0 Å². The number of alkyl carbamates (subject to hydrolysis) is 1. The molecule has 4 nitrogen and oxygen atoms in total. The number of ether oxygens (including phenoxy) is 1. The van der Waals surface area contributed by atoms with Crippen LogP contribution in [0.3, 0.4) is 0 Å². The molecular formula is C25H37NO3Si. The number of nitrogens with one attached hydrogen (secondary N) is 1. The third-order valence-electron chi connectivity index (χ3n) is 5.30. The Morgan fingerprint density at radius 2 is 1.50 bits per heavy atom. The van der Waals surface area contributed by atoms with Crippen LogP contribution in [0.25, 0.3) is 0 Å². The molecule has 2 N–H and O–H groups in total. The maximum atomic E-state index is 12.9. The third kappa shape index (κ3) is 6.44. The molecule has 0 radical (unpaired) electrons. The van der Waals surface area contributed by atoms with Gasteiger partial charge in [-0.3, -0.25) is 0 Å². The van der Waals surface area contributed by atoms with E-state index in [0.717, 1.165) is 12.5 Å². The Hall–Kier alpha value is -2.11. The zero-order chi connectivity index (χ0) is 22.2. The molecule has 0 saturated heterocycles. The maximum absolute atomic E-state index is 12.9. The fraction of sp³-hybridized carbons (Fsp3) is 0.480. The molecule has 30 heavy (non-hydrogen) atoms. The minimum Gasteiger partial charge on any atom is -0.444 e. The van der Waals surface area contributed by atoms with Crippen molar-refractivity contribution in [2.24, 2.45) is 5.92 Å². The summed E-state index contributed by atoms with van der Waals surface area (Å²) in [7, 11) is -2.47. The number of hydrogen-bond acceptors (Lipinski definition) is 3. The zero-order valence-electron chi connectivity index (χ0n) is 19.0. The van der Waals surface area contributed by atoms with Crippen LogP contribution in [0.15, 0.2) is 60.7 Å². The van der Waals surface area contributed by atoms with E-state index in [9.17, 15) is 9.90 Å². The van der Waals surface area contributed by atoms with E-state index in [-0.39, 0.29) is 18.4 Å². The lowest BCUT2D eigenvalue weighted by Gasteiger charge is -2.41. The Morgan fingerprint density at radius 1 is 1.00 bits per heavy atom. The number of carbonyl (C=O) groups is 1. The van der Waals surface area contributed by atoms with Gasteiger partial charge in [0.25, 0.3) is 0 Å². The second-order valence-electron chi connectivity index (χ2n) is 9.36. The molecule has 0 unspecified atom stereocenters. The van der Waals surface area contributed by atoms with E-state index in [0.29, 0.717) is 12.3 Å². The van der Waals surface area contributed by atoms with Crippen LogP contribution < -0.4 is 15.7 Å². The van der Waals surface area contributed by atoms with Crippen LogP contribution in [-0.4, -0.2) is 37.1 Å². The van der Waals surface area contributed by atoms with Gasteiger partial charge in [-0.2, -0.15) is 0 Å². The van der Waals surface area contributed by atoms with Crippen molar-refractivity contribution >= 4 is 24.5 Å². The Morgan fingerprint density at radius 3 is 1.90 bits per heavy atom. The molecular weight excluding hydrogens is 390 g/mol. The zero-order valence-corrected chi connectivity index (χ0v) is 20.0. The summed E-state index contributed by atoms with van der Waals surface area (Å²) in [4.78, 5) is 12.9. The molecule has 164 valence electrons. The Bertz CT molecular complexity index is 732. The normalized spacial score (nSPS) is 13.2. The van der Waals surface area contributed by atoms with Crippen molar-refractivity contribution < 1.29 is 14.6 Å². The maximum Gasteiger partial charge on any atom is 0.407 e. The number of carbonyl (C=O) groups excluding carboxylic acids is 1. The molecule has 0 bridgehead atoms. The number of aliphatic hydroxyl groups excluding tert-OH is 1. The molecule has 5 heteroatoms. The predicted molar refractivity (Wildman–Crippen MR) is 127 cm³/mol. The topological polar surface area (TPSA) is 58.6 Å². The third-order valence-corrected chi connectivity index (χ3v) is 10.7. The standard InChI is InChI=1S/C25H37NO3Si/c1-20(2)19-23(26-24(28)29-25(3,4)5)30(18-12-17-27,21-13-8-6-9-14-21)22-15-10-7-11-16-22/h6-11,13-16,20,23,27H,12,17-19H2,1-5H3,(H,26,28)/t23-/m1/s1. The molecule has 0 saturated carbocycles. The average Bonchev–Trinajstić information content (AvgIpc) is 2.68. The van der Waals surface area contributed by atoms with Crippen LogP contribution in [0.2, 0.25) is 6.04 Å². The highest BCUT2D eigenvalue weighted by molar-refractivity contribution is 7.03. The van der Waals surface area contributed by atoms with Crippen LogP contribution in [0.1, 0.15) is 47.5 Å². The van der Waals surface area contributed by atoms with Crippen molar-refractivity contribution in [1.29, 1.82) is 0 Å². The molecule has 2 aromatic carbocycles. The van der Waals surface area contributed by atoms with E-state index in [1.54, 1.807) is 0 Å². The average molecular weight is 428 g/mol.